The minimum Gasteiger partial charge on any atom is -0.412 e. The molecule has 0 heterocycles. The van der Waals surface area contributed by atoms with Crippen LogP contribution in [0.25, 0.3) is 0 Å². The van der Waals surface area contributed by atoms with E-state index in [1.807, 2.05) is 0 Å². The van der Waals surface area contributed by atoms with Gasteiger partial charge in [0, 0.05) is 0 Å². The van der Waals surface area contributed by atoms with Gasteiger partial charge >= 0.3 is 0 Å². The van der Waals surface area contributed by atoms with Crippen molar-refractivity contribution in [3.8, 4) is 0 Å². The van der Waals surface area contributed by atoms with Gasteiger partial charge in [-0.15, -0.1) is 0 Å². The lowest BCUT2D eigenvalue weighted by Crippen LogP contribution is -2.13. The Labute approximate surface area is 117 Å². The third-order valence-electron chi connectivity index (χ3n) is 3.12. The normalized spacial score (nSPS) is 10.2. The number of hydrogen-bond acceptors (Lipinski definition) is 0. The van der Waals surface area contributed by atoms with Crippen LogP contribution in [0.4, 0.5) is 0 Å². The Kier molecular flexibility index (Phi) is 7.40. The second kappa shape index (κ2) is 8.85. The summed E-state index contributed by atoms with van der Waals surface area (Å²) in [5.41, 5.74) is 0. The molecule has 2 heteroatoms. The Morgan fingerprint density at radius 3 is 1.63 bits per heavy atom. The van der Waals surface area contributed by atoms with Gasteiger partial charge in [0.15, 0.2) is 0 Å². The van der Waals surface area contributed by atoms with Crippen LogP contribution in [-0.2, 0) is 0 Å². The molecule has 0 aromatic heterocycles. The third kappa shape index (κ3) is 4.78. The molecule has 102 valence electrons. The minimum absolute atomic E-state index is 0. The Bertz CT molecular complexity index is 402. The number of rotatable bonds is 6. The highest BCUT2D eigenvalue weighted by Gasteiger charge is 2.12. The van der Waals surface area contributed by atoms with Crippen molar-refractivity contribution in [2.75, 3.05) is 6.16 Å². The number of unbranched alkanes of at least 4 members (excludes halogenated alkanes) is 2. The lowest BCUT2D eigenvalue weighted by Gasteiger charge is -2.18. The first-order chi connectivity index (χ1) is 8.92. The molecular weight excluding hydrogens is 251 g/mol. The van der Waals surface area contributed by atoms with E-state index in [1.54, 1.807) is 0 Å². The smallest absolute Gasteiger partial charge is 0.0195 e. The molecule has 0 spiro atoms. The molecule has 0 aliphatic rings. The van der Waals surface area contributed by atoms with E-state index in [2.05, 4.69) is 67.6 Å². The molecule has 2 aromatic rings. The van der Waals surface area contributed by atoms with Gasteiger partial charge in [0.2, 0.25) is 0 Å². The third-order valence-corrected chi connectivity index (χ3v) is 5.73. The summed E-state index contributed by atoms with van der Waals surface area (Å²) >= 11 is 0. The average Bonchev–Trinajstić information content (AvgIpc) is 2.46. The lowest BCUT2D eigenvalue weighted by atomic mass is 10.3. The summed E-state index contributed by atoms with van der Waals surface area (Å²) in [5, 5.41) is 3.02. The fourth-order valence-electron chi connectivity index (χ4n) is 2.14. The van der Waals surface area contributed by atoms with Crippen LogP contribution in [-0.4, -0.2) is 11.6 Å². The zero-order valence-electron chi connectivity index (χ0n) is 11.5. The largest absolute Gasteiger partial charge is 0.412 e. The Hall–Kier alpha value is -1.17. The van der Waals surface area contributed by atoms with Crippen LogP contribution in [0.5, 0.6) is 0 Å². The van der Waals surface area contributed by atoms with E-state index < -0.39 is 0 Å². The van der Waals surface area contributed by atoms with Gasteiger partial charge in [-0.25, -0.2) is 0 Å². The molecule has 2 N–H and O–H groups in total. The fourth-order valence-corrected chi connectivity index (χ4v) is 4.56. The number of benzene rings is 2. The quantitative estimate of drug-likeness (QED) is 0.570. The van der Waals surface area contributed by atoms with E-state index >= 15 is 0 Å². The maximum absolute atomic E-state index is 2.28. The Morgan fingerprint density at radius 1 is 0.737 bits per heavy atom. The van der Waals surface area contributed by atoms with Gasteiger partial charge < -0.3 is 5.48 Å². The van der Waals surface area contributed by atoms with Crippen LogP contribution in [0.2, 0.25) is 0 Å². The molecule has 0 aliphatic carbocycles. The maximum atomic E-state index is 2.28. The second-order valence-electron chi connectivity index (χ2n) is 4.53. The lowest BCUT2D eigenvalue weighted by molar-refractivity contribution is 0.777. The molecule has 0 fully saturated rings. The molecule has 0 saturated heterocycles. The summed E-state index contributed by atoms with van der Waals surface area (Å²) < 4.78 is 0. The standard InChI is InChI=1S/C17H21P.H2O/c1-2-3-10-15-18(16-11-6-4-7-12-16)17-13-8-5-9-14-17;/h4-9,11-14H,2-3,10,15H2,1H3;1H2. The molecule has 0 amide bonds. The van der Waals surface area contributed by atoms with E-state index in [0.29, 0.717) is 0 Å². The average molecular weight is 274 g/mol. The van der Waals surface area contributed by atoms with Crippen molar-refractivity contribution in [1.29, 1.82) is 0 Å². The Balaban J connectivity index is 0.00000180. The van der Waals surface area contributed by atoms with E-state index in [1.165, 1.54) is 36.0 Å². The first-order valence-corrected chi connectivity index (χ1v) is 8.32. The molecule has 19 heavy (non-hydrogen) atoms. The van der Waals surface area contributed by atoms with Gasteiger partial charge in [0.25, 0.3) is 0 Å². The summed E-state index contributed by atoms with van der Waals surface area (Å²) in [4.78, 5) is 0. The van der Waals surface area contributed by atoms with E-state index in [4.69, 9.17) is 0 Å². The molecule has 2 rings (SSSR count). The minimum atomic E-state index is -0.162. The molecule has 0 atom stereocenters. The molecule has 2 aromatic carbocycles. The van der Waals surface area contributed by atoms with Gasteiger partial charge in [-0.3, -0.25) is 0 Å². The zero-order chi connectivity index (χ0) is 12.6. The predicted octanol–water partition coefficient (Wildman–Crippen LogP) is 3.48. The van der Waals surface area contributed by atoms with Crippen molar-refractivity contribution in [3.63, 3.8) is 0 Å². The van der Waals surface area contributed by atoms with Crippen LogP contribution in [0.1, 0.15) is 26.2 Å². The molecule has 0 unspecified atom stereocenters. The van der Waals surface area contributed by atoms with Crippen molar-refractivity contribution in [2.45, 2.75) is 26.2 Å². The van der Waals surface area contributed by atoms with Crippen molar-refractivity contribution >= 4 is 18.5 Å². The van der Waals surface area contributed by atoms with Crippen molar-refractivity contribution in [2.24, 2.45) is 0 Å². The highest BCUT2D eigenvalue weighted by Crippen LogP contribution is 2.34. The maximum Gasteiger partial charge on any atom is -0.0195 e. The van der Waals surface area contributed by atoms with Crippen molar-refractivity contribution in [1.82, 2.24) is 0 Å². The zero-order valence-corrected chi connectivity index (χ0v) is 12.4. The van der Waals surface area contributed by atoms with Crippen LogP contribution < -0.4 is 10.6 Å². The van der Waals surface area contributed by atoms with Crippen LogP contribution >= 0.6 is 7.92 Å². The Morgan fingerprint density at radius 2 is 1.21 bits per heavy atom. The van der Waals surface area contributed by atoms with Crippen molar-refractivity contribution < 1.29 is 5.48 Å². The summed E-state index contributed by atoms with van der Waals surface area (Å²) in [6.45, 7) is 2.27. The first kappa shape index (κ1) is 15.9. The SMILES string of the molecule is CCCCCP(c1ccccc1)c1ccccc1.O. The van der Waals surface area contributed by atoms with Gasteiger partial charge in [0.05, 0.1) is 0 Å². The highest BCUT2D eigenvalue weighted by atomic mass is 31.1. The van der Waals surface area contributed by atoms with Gasteiger partial charge in [-0.1, -0.05) is 80.4 Å². The topological polar surface area (TPSA) is 31.5 Å². The fraction of sp³-hybridized carbons (Fsp3) is 0.294. The van der Waals surface area contributed by atoms with Gasteiger partial charge in [0.1, 0.15) is 0 Å². The highest BCUT2D eigenvalue weighted by molar-refractivity contribution is 7.73. The first-order valence-electron chi connectivity index (χ1n) is 6.79. The molecule has 0 saturated carbocycles. The molecule has 1 nitrogen and oxygen atoms in total. The second-order valence-corrected chi connectivity index (χ2v) is 6.87. The molecule has 0 aliphatic heterocycles. The monoisotopic (exact) mass is 274 g/mol. The van der Waals surface area contributed by atoms with Crippen LogP contribution in [0, 0.1) is 0 Å². The van der Waals surface area contributed by atoms with Crippen LogP contribution in [0.15, 0.2) is 60.7 Å². The van der Waals surface area contributed by atoms with Gasteiger partial charge in [-0.05, 0) is 31.1 Å². The predicted molar refractivity (Wildman–Crippen MR) is 87.1 cm³/mol. The van der Waals surface area contributed by atoms with Crippen molar-refractivity contribution in [3.05, 3.63) is 60.7 Å². The van der Waals surface area contributed by atoms with E-state index in [0.717, 1.165) is 0 Å². The summed E-state index contributed by atoms with van der Waals surface area (Å²) in [6.07, 6.45) is 5.30. The molecule has 0 bridgehead atoms. The summed E-state index contributed by atoms with van der Waals surface area (Å²) in [5.74, 6) is 0. The van der Waals surface area contributed by atoms with Gasteiger partial charge in [-0.2, -0.15) is 0 Å². The van der Waals surface area contributed by atoms with E-state index in [-0.39, 0.29) is 13.4 Å². The van der Waals surface area contributed by atoms with E-state index in [9.17, 15) is 0 Å². The number of hydrogen-bond donors (Lipinski definition) is 0. The molecule has 0 radical (unpaired) electrons. The summed E-state index contributed by atoms with van der Waals surface area (Å²) in [6, 6.07) is 22.0. The molecular formula is C17H23OP. The summed E-state index contributed by atoms with van der Waals surface area (Å²) in [7, 11) is -0.162. The van der Waals surface area contributed by atoms with Crippen LogP contribution in [0.3, 0.4) is 0 Å².